The minimum Gasteiger partial charge on any atom is -0.372 e. The molecule has 0 aromatic heterocycles. The molecule has 0 atom stereocenters. The van der Waals surface area contributed by atoms with Crippen molar-refractivity contribution in [3.05, 3.63) is 29.8 Å². The van der Waals surface area contributed by atoms with E-state index >= 15 is 0 Å². The highest BCUT2D eigenvalue weighted by atomic mass is 15.1. The Balaban J connectivity index is 1.88. The van der Waals surface area contributed by atoms with Gasteiger partial charge in [0.1, 0.15) is 0 Å². The molecule has 1 fully saturated rings. The Hall–Kier alpha value is -1.02. The van der Waals surface area contributed by atoms with Gasteiger partial charge in [0.2, 0.25) is 0 Å². The van der Waals surface area contributed by atoms with E-state index in [2.05, 4.69) is 55.4 Å². The van der Waals surface area contributed by atoms with Gasteiger partial charge in [-0.1, -0.05) is 26.0 Å². The third-order valence-corrected chi connectivity index (χ3v) is 4.63. The predicted molar refractivity (Wildman–Crippen MR) is 88.3 cm³/mol. The third-order valence-electron chi connectivity index (χ3n) is 4.63. The maximum absolute atomic E-state index is 3.45. The second-order valence-corrected chi connectivity index (χ2v) is 6.37. The molecule has 0 saturated heterocycles. The summed E-state index contributed by atoms with van der Waals surface area (Å²) in [7, 11) is 2.25. The van der Waals surface area contributed by atoms with Crippen molar-refractivity contribution in [2.24, 2.45) is 5.92 Å². The van der Waals surface area contributed by atoms with Crippen molar-refractivity contribution in [2.75, 3.05) is 18.5 Å². The normalized spacial score (nSPS) is 22.8. The van der Waals surface area contributed by atoms with Crippen LogP contribution in [-0.2, 0) is 6.54 Å². The molecule has 0 heterocycles. The van der Waals surface area contributed by atoms with Gasteiger partial charge in [0, 0.05) is 25.3 Å². The van der Waals surface area contributed by atoms with E-state index in [0.717, 1.165) is 25.0 Å². The van der Waals surface area contributed by atoms with Crippen LogP contribution in [0.15, 0.2) is 24.3 Å². The summed E-state index contributed by atoms with van der Waals surface area (Å²) in [5, 5.41) is 3.45. The van der Waals surface area contributed by atoms with E-state index in [1.165, 1.54) is 43.4 Å². The van der Waals surface area contributed by atoms with Gasteiger partial charge in [-0.3, -0.25) is 0 Å². The van der Waals surface area contributed by atoms with E-state index in [1.54, 1.807) is 0 Å². The molecule has 2 heteroatoms. The number of rotatable bonds is 6. The molecule has 20 heavy (non-hydrogen) atoms. The minimum atomic E-state index is 0.732. The first-order valence-electron chi connectivity index (χ1n) is 8.23. The smallest absolute Gasteiger partial charge is 0.0366 e. The highest BCUT2D eigenvalue weighted by molar-refractivity contribution is 5.47. The maximum atomic E-state index is 3.45. The van der Waals surface area contributed by atoms with Gasteiger partial charge in [0.25, 0.3) is 0 Å². The van der Waals surface area contributed by atoms with Crippen molar-refractivity contribution in [1.29, 1.82) is 0 Å². The summed E-state index contributed by atoms with van der Waals surface area (Å²) in [6.07, 6.45) is 6.65. The Kier molecular flexibility index (Phi) is 5.90. The average molecular weight is 274 g/mol. The lowest BCUT2D eigenvalue weighted by molar-refractivity contribution is 0.341. The van der Waals surface area contributed by atoms with Crippen LogP contribution in [0.5, 0.6) is 0 Å². The largest absolute Gasteiger partial charge is 0.372 e. The molecular formula is C18H30N2. The fourth-order valence-electron chi connectivity index (χ4n) is 3.10. The molecule has 112 valence electrons. The average Bonchev–Trinajstić information content (AvgIpc) is 2.48. The molecule has 1 aliphatic rings. The van der Waals surface area contributed by atoms with Crippen LogP contribution in [0.25, 0.3) is 0 Å². The quantitative estimate of drug-likeness (QED) is 0.782. The van der Waals surface area contributed by atoms with Gasteiger partial charge in [-0.15, -0.1) is 0 Å². The lowest BCUT2D eigenvalue weighted by Gasteiger charge is -2.35. The highest BCUT2D eigenvalue weighted by Gasteiger charge is 2.21. The van der Waals surface area contributed by atoms with E-state index < -0.39 is 0 Å². The standard InChI is InChI=1S/C18H30N2/c1-4-13-19-14-16-7-11-18(12-8-16)20(3)17-9-5-15(2)6-10-17/h7-8,11-12,15,17,19H,4-6,9-10,13-14H2,1-3H3. The first kappa shape index (κ1) is 15.4. The first-order chi connectivity index (χ1) is 9.70. The Labute approximate surface area is 124 Å². The molecule has 2 nitrogen and oxygen atoms in total. The second-order valence-electron chi connectivity index (χ2n) is 6.37. The van der Waals surface area contributed by atoms with Crippen LogP contribution >= 0.6 is 0 Å². The summed E-state index contributed by atoms with van der Waals surface area (Å²) in [6, 6.07) is 9.82. The Morgan fingerprint density at radius 3 is 2.35 bits per heavy atom. The molecule has 0 spiro atoms. The van der Waals surface area contributed by atoms with Gasteiger partial charge in [0.15, 0.2) is 0 Å². The van der Waals surface area contributed by atoms with Crippen LogP contribution in [0.4, 0.5) is 5.69 Å². The highest BCUT2D eigenvalue weighted by Crippen LogP contribution is 2.29. The summed E-state index contributed by atoms with van der Waals surface area (Å²) in [5.41, 5.74) is 2.75. The zero-order valence-corrected chi connectivity index (χ0v) is 13.4. The molecule has 1 saturated carbocycles. The number of nitrogens with one attached hydrogen (secondary N) is 1. The third kappa shape index (κ3) is 4.24. The van der Waals surface area contributed by atoms with E-state index in [-0.39, 0.29) is 0 Å². The Morgan fingerprint density at radius 1 is 1.10 bits per heavy atom. The monoisotopic (exact) mass is 274 g/mol. The molecule has 2 rings (SSSR count). The molecule has 0 aliphatic heterocycles. The molecule has 1 aromatic carbocycles. The summed E-state index contributed by atoms with van der Waals surface area (Å²) in [5.74, 6) is 0.923. The zero-order chi connectivity index (χ0) is 14.4. The number of anilines is 1. The minimum absolute atomic E-state index is 0.732. The van der Waals surface area contributed by atoms with Gasteiger partial charge in [0.05, 0.1) is 0 Å². The summed E-state index contributed by atoms with van der Waals surface area (Å²) in [6.45, 7) is 6.67. The maximum Gasteiger partial charge on any atom is 0.0366 e. The van der Waals surface area contributed by atoms with E-state index in [4.69, 9.17) is 0 Å². The zero-order valence-electron chi connectivity index (χ0n) is 13.4. The molecule has 1 N–H and O–H groups in total. The molecule has 0 radical (unpaired) electrons. The number of hydrogen-bond acceptors (Lipinski definition) is 2. The van der Waals surface area contributed by atoms with E-state index in [1.807, 2.05) is 0 Å². The first-order valence-corrected chi connectivity index (χ1v) is 8.23. The van der Waals surface area contributed by atoms with Gasteiger partial charge in [-0.2, -0.15) is 0 Å². The van der Waals surface area contributed by atoms with Crippen molar-refractivity contribution < 1.29 is 0 Å². The summed E-state index contributed by atoms with van der Waals surface area (Å²) < 4.78 is 0. The lowest BCUT2D eigenvalue weighted by Crippen LogP contribution is -2.34. The number of hydrogen-bond donors (Lipinski definition) is 1. The van der Waals surface area contributed by atoms with Crippen molar-refractivity contribution in [1.82, 2.24) is 5.32 Å². The number of benzene rings is 1. The Morgan fingerprint density at radius 2 is 1.75 bits per heavy atom. The molecule has 1 aromatic rings. The van der Waals surface area contributed by atoms with Crippen LogP contribution in [0.1, 0.15) is 51.5 Å². The van der Waals surface area contributed by atoms with Gasteiger partial charge in [-0.05, 0) is 62.3 Å². The summed E-state index contributed by atoms with van der Waals surface area (Å²) in [4.78, 5) is 2.48. The molecular weight excluding hydrogens is 244 g/mol. The fraction of sp³-hybridized carbons (Fsp3) is 0.667. The molecule has 0 unspecified atom stereocenters. The van der Waals surface area contributed by atoms with Gasteiger partial charge in [-0.25, -0.2) is 0 Å². The van der Waals surface area contributed by atoms with Gasteiger partial charge >= 0.3 is 0 Å². The second kappa shape index (κ2) is 7.68. The van der Waals surface area contributed by atoms with Gasteiger partial charge < -0.3 is 10.2 Å². The van der Waals surface area contributed by atoms with Crippen LogP contribution < -0.4 is 10.2 Å². The SMILES string of the molecule is CCCNCc1ccc(N(C)C2CCC(C)CC2)cc1. The van der Waals surface area contributed by atoms with Crippen molar-refractivity contribution >= 4 is 5.69 Å². The van der Waals surface area contributed by atoms with Crippen molar-refractivity contribution in [2.45, 2.75) is 58.5 Å². The van der Waals surface area contributed by atoms with E-state index in [0.29, 0.717) is 0 Å². The van der Waals surface area contributed by atoms with Crippen molar-refractivity contribution in [3.63, 3.8) is 0 Å². The lowest BCUT2D eigenvalue weighted by atomic mass is 9.86. The van der Waals surface area contributed by atoms with Crippen LogP contribution in [-0.4, -0.2) is 19.6 Å². The molecule has 0 bridgehead atoms. The fourth-order valence-corrected chi connectivity index (χ4v) is 3.10. The Bertz CT molecular complexity index is 377. The topological polar surface area (TPSA) is 15.3 Å². The number of nitrogens with zero attached hydrogens (tertiary/aromatic N) is 1. The summed E-state index contributed by atoms with van der Waals surface area (Å²) >= 11 is 0. The van der Waals surface area contributed by atoms with Crippen molar-refractivity contribution in [3.8, 4) is 0 Å². The predicted octanol–water partition coefficient (Wildman–Crippen LogP) is 4.20. The molecule has 1 aliphatic carbocycles. The van der Waals surface area contributed by atoms with Crippen LogP contribution in [0.3, 0.4) is 0 Å². The molecule has 0 amide bonds. The van der Waals surface area contributed by atoms with Crippen LogP contribution in [0.2, 0.25) is 0 Å². The van der Waals surface area contributed by atoms with Crippen LogP contribution in [0, 0.1) is 5.92 Å². The van der Waals surface area contributed by atoms with E-state index in [9.17, 15) is 0 Å².